The molecule has 0 amide bonds. The summed E-state index contributed by atoms with van der Waals surface area (Å²) in [5, 5.41) is 0. The highest BCUT2D eigenvalue weighted by molar-refractivity contribution is 5.58. The molecule has 3 fully saturated rings. The highest BCUT2D eigenvalue weighted by atomic mass is 15.2. The van der Waals surface area contributed by atoms with Crippen LogP contribution in [0.1, 0.15) is 43.7 Å². The van der Waals surface area contributed by atoms with Gasteiger partial charge in [0.25, 0.3) is 0 Å². The molecule has 0 bridgehead atoms. The van der Waals surface area contributed by atoms with Crippen LogP contribution >= 0.6 is 0 Å². The SMILES string of the molecule is Cc1cccc(N2CC3(CC(CN4CCC(C)CC4)C3)C2)c1C. The first-order chi connectivity index (χ1) is 11.0. The number of hydrogen-bond acceptors (Lipinski definition) is 2. The third-order valence-corrected chi connectivity index (χ3v) is 6.81. The zero-order valence-corrected chi connectivity index (χ0v) is 15.1. The molecule has 2 saturated heterocycles. The average Bonchev–Trinajstić information content (AvgIpc) is 2.46. The average molecular weight is 313 g/mol. The van der Waals surface area contributed by atoms with Crippen LogP contribution in [0.25, 0.3) is 0 Å². The molecule has 1 aliphatic carbocycles. The minimum atomic E-state index is 0.671. The second-order valence-corrected chi connectivity index (χ2v) is 8.83. The summed E-state index contributed by atoms with van der Waals surface area (Å²) < 4.78 is 0. The van der Waals surface area contributed by atoms with Crippen molar-refractivity contribution in [2.75, 3.05) is 37.6 Å². The Balaban J connectivity index is 1.26. The molecule has 0 radical (unpaired) electrons. The number of likely N-dealkylation sites (tertiary alicyclic amines) is 1. The summed E-state index contributed by atoms with van der Waals surface area (Å²) in [4.78, 5) is 5.35. The molecule has 23 heavy (non-hydrogen) atoms. The summed E-state index contributed by atoms with van der Waals surface area (Å²) in [6.45, 7) is 13.6. The second-order valence-electron chi connectivity index (χ2n) is 8.83. The van der Waals surface area contributed by atoms with Gasteiger partial charge in [0.1, 0.15) is 0 Å². The smallest absolute Gasteiger partial charge is 0.0398 e. The van der Waals surface area contributed by atoms with E-state index in [1.54, 1.807) is 0 Å². The maximum absolute atomic E-state index is 2.73. The van der Waals surface area contributed by atoms with E-state index in [1.807, 2.05) is 0 Å². The van der Waals surface area contributed by atoms with Gasteiger partial charge >= 0.3 is 0 Å². The molecule has 1 aromatic carbocycles. The van der Waals surface area contributed by atoms with Gasteiger partial charge in [-0.3, -0.25) is 0 Å². The van der Waals surface area contributed by atoms with E-state index in [0.29, 0.717) is 5.41 Å². The van der Waals surface area contributed by atoms with Crippen molar-refractivity contribution in [1.29, 1.82) is 0 Å². The molecule has 0 aromatic heterocycles. The molecular formula is C21H32N2. The highest BCUT2D eigenvalue weighted by Gasteiger charge is 2.52. The quantitative estimate of drug-likeness (QED) is 0.823. The van der Waals surface area contributed by atoms with E-state index < -0.39 is 0 Å². The van der Waals surface area contributed by atoms with Gasteiger partial charge in [-0.15, -0.1) is 0 Å². The Kier molecular flexibility index (Phi) is 3.91. The fourth-order valence-corrected chi connectivity index (χ4v) is 5.17. The Morgan fingerprint density at radius 3 is 2.48 bits per heavy atom. The third kappa shape index (κ3) is 2.91. The highest BCUT2D eigenvalue weighted by Crippen LogP contribution is 2.53. The number of benzene rings is 1. The predicted molar refractivity (Wildman–Crippen MR) is 98.1 cm³/mol. The predicted octanol–water partition coefficient (Wildman–Crippen LogP) is 4.25. The molecule has 2 heterocycles. The largest absolute Gasteiger partial charge is 0.370 e. The Morgan fingerprint density at radius 1 is 1.09 bits per heavy atom. The summed E-state index contributed by atoms with van der Waals surface area (Å²) >= 11 is 0. The lowest BCUT2D eigenvalue weighted by Crippen LogP contribution is -2.63. The number of piperidine rings is 1. The topological polar surface area (TPSA) is 6.48 Å². The van der Waals surface area contributed by atoms with E-state index in [2.05, 4.69) is 48.8 Å². The lowest BCUT2D eigenvalue weighted by atomic mass is 9.57. The van der Waals surface area contributed by atoms with Gasteiger partial charge in [0.05, 0.1) is 0 Å². The first kappa shape index (κ1) is 15.5. The number of aryl methyl sites for hydroxylation is 1. The van der Waals surface area contributed by atoms with Crippen LogP contribution in [0.15, 0.2) is 18.2 Å². The molecule has 1 spiro atoms. The zero-order chi connectivity index (χ0) is 16.0. The van der Waals surface area contributed by atoms with Crippen molar-refractivity contribution in [2.24, 2.45) is 17.3 Å². The standard InChI is InChI=1S/C21H32N2/c1-16-7-9-22(10-8-16)13-19-11-21(12-19)14-23(15-21)20-6-4-5-17(2)18(20)3/h4-6,16,19H,7-15H2,1-3H3. The summed E-state index contributed by atoms with van der Waals surface area (Å²) in [7, 11) is 0. The Labute approximate surface area is 141 Å². The van der Waals surface area contributed by atoms with Crippen molar-refractivity contribution in [1.82, 2.24) is 4.90 Å². The van der Waals surface area contributed by atoms with Gasteiger partial charge in [0.15, 0.2) is 0 Å². The fraction of sp³-hybridized carbons (Fsp3) is 0.714. The van der Waals surface area contributed by atoms with Crippen LogP contribution in [0.5, 0.6) is 0 Å². The Morgan fingerprint density at radius 2 is 1.78 bits per heavy atom. The van der Waals surface area contributed by atoms with Gasteiger partial charge in [-0.05, 0) is 81.6 Å². The lowest BCUT2D eigenvalue weighted by Gasteiger charge is -2.61. The molecule has 0 unspecified atom stereocenters. The van der Waals surface area contributed by atoms with E-state index in [4.69, 9.17) is 0 Å². The van der Waals surface area contributed by atoms with Crippen molar-refractivity contribution in [2.45, 2.75) is 46.5 Å². The summed E-state index contributed by atoms with van der Waals surface area (Å²) in [6, 6.07) is 6.75. The summed E-state index contributed by atoms with van der Waals surface area (Å²) in [6.07, 6.45) is 5.78. The maximum Gasteiger partial charge on any atom is 0.0398 e. The zero-order valence-electron chi connectivity index (χ0n) is 15.1. The molecular weight excluding hydrogens is 280 g/mol. The number of rotatable bonds is 3. The summed E-state index contributed by atoms with van der Waals surface area (Å²) in [5.41, 5.74) is 5.04. The molecule has 1 saturated carbocycles. The minimum absolute atomic E-state index is 0.671. The van der Waals surface area contributed by atoms with E-state index in [0.717, 1.165) is 11.8 Å². The van der Waals surface area contributed by atoms with Crippen molar-refractivity contribution in [3.63, 3.8) is 0 Å². The van der Waals surface area contributed by atoms with Gasteiger partial charge in [0, 0.05) is 30.7 Å². The molecule has 1 aromatic rings. The lowest BCUT2D eigenvalue weighted by molar-refractivity contribution is -0.00103. The van der Waals surface area contributed by atoms with Crippen LogP contribution in [-0.2, 0) is 0 Å². The number of nitrogens with zero attached hydrogens (tertiary/aromatic N) is 2. The molecule has 0 atom stereocenters. The molecule has 2 nitrogen and oxygen atoms in total. The van der Waals surface area contributed by atoms with E-state index in [-0.39, 0.29) is 0 Å². The van der Waals surface area contributed by atoms with Crippen molar-refractivity contribution in [3.05, 3.63) is 29.3 Å². The fourth-order valence-electron chi connectivity index (χ4n) is 5.17. The molecule has 126 valence electrons. The second kappa shape index (κ2) is 5.81. The van der Waals surface area contributed by atoms with Crippen LogP contribution in [0.4, 0.5) is 5.69 Å². The number of hydrogen-bond donors (Lipinski definition) is 0. The van der Waals surface area contributed by atoms with Crippen LogP contribution < -0.4 is 4.90 Å². The van der Waals surface area contributed by atoms with Crippen molar-refractivity contribution in [3.8, 4) is 0 Å². The monoisotopic (exact) mass is 312 g/mol. The molecule has 0 N–H and O–H groups in total. The van der Waals surface area contributed by atoms with Gasteiger partial charge < -0.3 is 9.80 Å². The molecule has 2 heteroatoms. The Hall–Kier alpha value is -1.02. The van der Waals surface area contributed by atoms with Gasteiger partial charge in [-0.2, -0.15) is 0 Å². The van der Waals surface area contributed by atoms with Gasteiger partial charge in [-0.25, -0.2) is 0 Å². The van der Waals surface area contributed by atoms with Crippen LogP contribution in [0, 0.1) is 31.1 Å². The van der Waals surface area contributed by atoms with Crippen molar-refractivity contribution < 1.29 is 0 Å². The minimum Gasteiger partial charge on any atom is -0.370 e. The van der Waals surface area contributed by atoms with E-state index in [9.17, 15) is 0 Å². The first-order valence-electron chi connectivity index (χ1n) is 9.58. The molecule has 2 aliphatic heterocycles. The maximum atomic E-state index is 2.73. The Bertz CT molecular complexity index is 557. The summed E-state index contributed by atoms with van der Waals surface area (Å²) in [5.74, 6) is 1.93. The molecule has 3 aliphatic rings. The van der Waals surface area contributed by atoms with Crippen molar-refractivity contribution >= 4 is 5.69 Å². The number of anilines is 1. The molecule has 4 rings (SSSR count). The van der Waals surface area contributed by atoms with Crippen LogP contribution in [-0.4, -0.2) is 37.6 Å². The normalized spacial score (nSPS) is 25.4. The van der Waals surface area contributed by atoms with Gasteiger partial charge in [0.2, 0.25) is 0 Å². The van der Waals surface area contributed by atoms with Gasteiger partial charge in [-0.1, -0.05) is 19.1 Å². The van der Waals surface area contributed by atoms with Crippen LogP contribution in [0.3, 0.4) is 0 Å². The third-order valence-electron chi connectivity index (χ3n) is 6.81. The van der Waals surface area contributed by atoms with E-state index in [1.165, 1.54) is 75.2 Å². The first-order valence-corrected chi connectivity index (χ1v) is 9.58. The van der Waals surface area contributed by atoms with E-state index >= 15 is 0 Å². The van der Waals surface area contributed by atoms with Crippen LogP contribution in [0.2, 0.25) is 0 Å².